The number of hydrogen-bond acceptors (Lipinski definition) is 2. The number of allylic oxidation sites excluding steroid dienone is 1. The third-order valence-electron chi connectivity index (χ3n) is 3.89. The Hall–Kier alpha value is -3.13. The normalized spacial score (nSPS) is 10.8. The van der Waals surface area contributed by atoms with Gasteiger partial charge in [-0.15, -0.1) is 0 Å². The molecule has 0 heterocycles. The summed E-state index contributed by atoms with van der Waals surface area (Å²) >= 11 is 0. The molecule has 2 nitrogen and oxygen atoms in total. The van der Waals surface area contributed by atoms with Crippen LogP contribution in [-0.4, -0.2) is 5.78 Å². The molecule has 0 atom stereocenters. The Bertz CT molecular complexity index is 862. The molecular formula is C23H20O2. The Balaban J connectivity index is 1.73. The first-order chi connectivity index (χ1) is 12.2. The summed E-state index contributed by atoms with van der Waals surface area (Å²) in [6.07, 6.45) is 3.42. The second-order valence-electron chi connectivity index (χ2n) is 5.88. The van der Waals surface area contributed by atoms with Crippen LogP contribution >= 0.6 is 0 Å². The van der Waals surface area contributed by atoms with Crippen molar-refractivity contribution in [1.29, 1.82) is 0 Å². The number of hydrogen-bond donors (Lipinski definition) is 0. The summed E-state index contributed by atoms with van der Waals surface area (Å²) in [4.78, 5) is 12.6. The number of ether oxygens (including phenoxy) is 1. The minimum atomic E-state index is -0.0655. The molecule has 0 aromatic heterocycles. The van der Waals surface area contributed by atoms with Gasteiger partial charge in [0.05, 0.1) is 5.56 Å². The van der Waals surface area contributed by atoms with Crippen molar-refractivity contribution in [2.24, 2.45) is 0 Å². The highest BCUT2D eigenvalue weighted by atomic mass is 16.5. The highest BCUT2D eigenvalue weighted by Gasteiger charge is 2.09. The molecule has 3 aromatic carbocycles. The maximum atomic E-state index is 12.6. The van der Waals surface area contributed by atoms with Gasteiger partial charge in [0, 0.05) is 0 Å². The van der Waals surface area contributed by atoms with Crippen LogP contribution in [0.15, 0.2) is 84.9 Å². The summed E-state index contributed by atoms with van der Waals surface area (Å²) in [5, 5.41) is 0. The fourth-order valence-electron chi connectivity index (χ4n) is 2.47. The molecule has 0 saturated carbocycles. The Morgan fingerprint density at radius 3 is 2.32 bits per heavy atom. The smallest absolute Gasteiger partial charge is 0.189 e. The SMILES string of the molecule is Cc1ccc(/C=C/C(=O)c2ccccc2OCc2ccccc2)cc1. The molecule has 0 aliphatic carbocycles. The lowest BCUT2D eigenvalue weighted by Gasteiger charge is -2.09. The molecule has 3 rings (SSSR count). The molecule has 0 unspecified atom stereocenters. The zero-order valence-corrected chi connectivity index (χ0v) is 14.2. The van der Waals surface area contributed by atoms with Gasteiger partial charge in [0.2, 0.25) is 0 Å². The zero-order chi connectivity index (χ0) is 17.5. The molecule has 0 aliphatic rings. The molecule has 0 radical (unpaired) electrons. The van der Waals surface area contributed by atoms with Crippen molar-refractivity contribution in [3.63, 3.8) is 0 Å². The van der Waals surface area contributed by atoms with Crippen molar-refractivity contribution in [3.05, 3.63) is 107 Å². The van der Waals surface area contributed by atoms with Gasteiger partial charge in [-0.3, -0.25) is 4.79 Å². The molecule has 0 N–H and O–H groups in total. The van der Waals surface area contributed by atoms with Gasteiger partial charge in [0.1, 0.15) is 12.4 Å². The second-order valence-corrected chi connectivity index (χ2v) is 5.88. The van der Waals surface area contributed by atoms with Crippen LogP contribution in [0.4, 0.5) is 0 Å². The van der Waals surface area contributed by atoms with E-state index in [-0.39, 0.29) is 5.78 Å². The van der Waals surface area contributed by atoms with Crippen molar-refractivity contribution < 1.29 is 9.53 Å². The number of aryl methyl sites for hydroxylation is 1. The number of ketones is 1. The molecule has 0 fully saturated rings. The predicted molar refractivity (Wildman–Crippen MR) is 102 cm³/mol. The standard InChI is InChI=1S/C23H20O2/c1-18-11-13-19(14-12-18)15-16-22(24)21-9-5-6-10-23(21)25-17-20-7-3-2-4-8-20/h2-16H,17H2,1H3/b16-15+. The number of para-hydroxylation sites is 1. The molecule has 0 aliphatic heterocycles. The van der Waals surface area contributed by atoms with Gasteiger partial charge in [0.15, 0.2) is 5.78 Å². The molecule has 0 amide bonds. The molecule has 25 heavy (non-hydrogen) atoms. The quantitative estimate of drug-likeness (QED) is 0.443. The van der Waals surface area contributed by atoms with E-state index in [2.05, 4.69) is 0 Å². The summed E-state index contributed by atoms with van der Waals surface area (Å²) < 4.78 is 5.86. The van der Waals surface area contributed by atoms with Crippen molar-refractivity contribution in [2.75, 3.05) is 0 Å². The van der Waals surface area contributed by atoms with Crippen molar-refractivity contribution in [3.8, 4) is 5.75 Å². The second kappa shape index (κ2) is 8.11. The fourth-order valence-corrected chi connectivity index (χ4v) is 2.47. The maximum absolute atomic E-state index is 12.6. The topological polar surface area (TPSA) is 26.3 Å². The maximum Gasteiger partial charge on any atom is 0.189 e. The minimum absolute atomic E-state index is 0.0655. The summed E-state index contributed by atoms with van der Waals surface area (Å²) in [6, 6.07) is 25.3. The van der Waals surface area contributed by atoms with Gasteiger partial charge in [0.25, 0.3) is 0 Å². The Morgan fingerprint density at radius 1 is 0.880 bits per heavy atom. The van der Waals surface area contributed by atoms with Crippen LogP contribution in [0.25, 0.3) is 6.08 Å². The van der Waals surface area contributed by atoms with Crippen LogP contribution in [0.2, 0.25) is 0 Å². The summed E-state index contributed by atoms with van der Waals surface area (Å²) in [7, 11) is 0. The van der Waals surface area contributed by atoms with Gasteiger partial charge in [-0.2, -0.15) is 0 Å². The lowest BCUT2D eigenvalue weighted by molar-refractivity contribution is 0.104. The summed E-state index contributed by atoms with van der Waals surface area (Å²) in [5.41, 5.74) is 3.84. The first-order valence-corrected chi connectivity index (χ1v) is 8.27. The van der Waals surface area contributed by atoms with E-state index in [1.807, 2.05) is 85.8 Å². The lowest BCUT2D eigenvalue weighted by atomic mass is 10.1. The van der Waals surface area contributed by atoms with Crippen LogP contribution < -0.4 is 4.74 Å². The Morgan fingerprint density at radius 2 is 1.56 bits per heavy atom. The lowest BCUT2D eigenvalue weighted by Crippen LogP contribution is -2.02. The first kappa shape index (κ1) is 16.7. The van der Waals surface area contributed by atoms with E-state index in [4.69, 9.17) is 4.74 Å². The molecule has 2 heteroatoms. The van der Waals surface area contributed by atoms with E-state index in [1.54, 1.807) is 12.1 Å². The van der Waals surface area contributed by atoms with Crippen LogP contribution in [0.5, 0.6) is 5.75 Å². The van der Waals surface area contributed by atoms with Gasteiger partial charge < -0.3 is 4.74 Å². The number of carbonyl (C=O) groups excluding carboxylic acids is 1. The molecule has 3 aromatic rings. The van der Waals surface area contributed by atoms with Crippen molar-refractivity contribution in [1.82, 2.24) is 0 Å². The summed E-state index contributed by atoms with van der Waals surface area (Å²) in [5.74, 6) is 0.536. The third kappa shape index (κ3) is 4.67. The van der Waals surface area contributed by atoms with Crippen LogP contribution in [-0.2, 0) is 6.61 Å². The van der Waals surface area contributed by atoms with E-state index in [1.165, 1.54) is 5.56 Å². The van der Waals surface area contributed by atoms with Crippen molar-refractivity contribution >= 4 is 11.9 Å². The van der Waals surface area contributed by atoms with Crippen LogP contribution in [0.1, 0.15) is 27.0 Å². The monoisotopic (exact) mass is 328 g/mol. The van der Waals surface area contributed by atoms with Crippen LogP contribution in [0.3, 0.4) is 0 Å². The van der Waals surface area contributed by atoms with Crippen LogP contribution in [0, 0.1) is 6.92 Å². The third-order valence-corrected chi connectivity index (χ3v) is 3.89. The zero-order valence-electron chi connectivity index (χ0n) is 14.2. The number of carbonyl (C=O) groups is 1. The van der Waals surface area contributed by atoms with Gasteiger partial charge >= 0.3 is 0 Å². The van der Waals surface area contributed by atoms with E-state index >= 15 is 0 Å². The Labute approximate surface area is 148 Å². The van der Waals surface area contributed by atoms with E-state index in [0.717, 1.165) is 11.1 Å². The largest absolute Gasteiger partial charge is 0.488 e. The molecule has 0 spiro atoms. The molecule has 0 saturated heterocycles. The first-order valence-electron chi connectivity index (χ1n) is 8.27. The van der Waals surface area contributed by atoms with E-state index in [0.29, 0.717) is 17.9 Å². The molecule has 124 valence electrons. The van der Waals surface area contributed by atoms with Gasteiger partial charge in [-0.25, -0.2) is 0 Å². The average molecular weight is 328 g/mol. The Kier molecular flexibility index (Phi) is 5.43. The number of rotatable bonds is 6. The molecular weight excluding hydrogens is 308 g/mol. The highest BCUT2D eigenvalue weighted by molar-refractivity contribution is 6.08. The van der Waals surface area contributed by atoms with Gasteiger partial charge in [-0.05, 0) is 36.3 Å². The minimum Gasteiger partial charge on any atom is -0.488 e. The fraction of sp³-hybridized carbons (Fsp3) is 0.0870. The highest BCUT2D eigenvalue weighted by Crippen LogP contribution is 2.21. The van der Waals surface area contributed by atoms with Crippen molar-refractivity contribution in [2.45, 2.75) is 13.5 Å². The summed E-state index contributed by atoms with van der Waals surface area (Å²) in [6.45, 7) is 2.48. The molecule has 0 bridgehead atoms. The van der Waals surface area contributed by atoms with E-state index in [9.17, 15) is 4.79 Å². The predicted octanol–water partition coefficient (Wildman–Crippen LogP) is 5.47. The van der Waals surface area contributed by atoms with E-state index < -0.39 is 0 Å². The number of benzene rings is 3. The van der Waals surface area contributed by atoms with Gasteiger partial charge in [-0.1, -0.05) is 78.4 Å². The average Bonchev–Trinajstić information content (AvgIpc) is 2.67.